The Kier molecular flexibility index (Phi) is 8.34. The number of para-hydroxylation sites is 2. The van der Waals surface area contributed by atoms with Gasteiger partial charge in [-0.1, -0.05) is 109 Å². The van der Waals surface area contributed by atoms with Gasteiger partial charge in [-0.2, -0.15) is 0 Å². The van der Waals surface area contributed by atoms with Crippen LogP contribution >= 0.6 is 0 Å². The summed E-state index contributed by atoms with van der Waals surface area (Å²) in [5.41, 5.74) is 8.76. The van der Waals surface area contributed by atoms with Gasteiger partial charge in [-0.25, -0.2) is 0 Å². The van der Waals surface area contributed by atoms with Crippen molar-refractivity contribution in [2.24, 2.45) is 0 Å². The summed E-state index contributed by atoms with van der Waals surface area (Å²) in [4.78, 5) is 4.61. The van der Waals surface area contributed by atoms with Crippen LogP contribution in [0.1, 0.15) is 0 Å². The van der Waals surface area contributed by atoms with E-state index >= 15 is 0 Å². The number of benzene rings is 8. The van der Waals surface area contributed by atoms with Crippen LogP contribution in [0.2, 0.25) is 0 Å². The molecule has 0 aliphatic carbocycles. The first-order valence-electron chi connectivity index (χ1n) is 16.8. The fourth-order valence-corrected chi connectivity index (χ4v) is 6.93. The molecule has 242 valence electrons. The molecule has 8 aromatic rings. The highest BCUT2D eigenvalue weighted by Crippen LogP contribution is 2.46. The highest BCUT2D eigenvalue weighted by Gasteiger charge is 2.21. The minimum Gasteiger partial charge on any atom is -0.497 e. The zero-order valence-corrected chi connectivity index (χ0v) is 28.0. The second-order valence-corrected chi connectivity index (χ2v) is 12.1. The maximum absolute atomic E-state index is 5.64. The van der Waals surface area contributed by atoms with E-state index in [1.54, 1.807) is 14.2 Å². The minimum atomic E-state index is 0.814. The van der Waals surface area contributed by atoms with Crippen LogP contribution in [0.4, 0.5) is 34.1 Å². The minimum absolute atomic E-state index is 0.814. The van der Waals surface area contributed by atoms with Crippen molar-refractivity contribution in [3.05, 3.63) is 182 Å². The predicted octanol–water partition coefficient (Wildman–Crippen LogP) is 12.6. The van der Waals surface area contributed by atoms with Crippen LogP contribution in [0, 0.1) is 0 Å². The maximum atomic E-state index is 5.64. The van der Waals surface area contributed by atoms with E-state index in [4.69, 9.17) is 9.47 Å². The molecule has 0 aliphatic heterocycles. The Labute approximate surface area is 293 Å². The lowest BCUT2D eigenvalue weighted by Crippen LogP contribution is -2.11. The van der Waals surface area contributed by atoms with Crippen molar-refractivity contribution in [2.75, 3.05) is 24.0 Å². The van der Waals surface area contributed by atoms with Crippen LogP contribution < -0.4 is 19.3 Å². The summed E-state index contributed by atoms with van der Waals surface area (Å²) in [7, 11) is 3.42. The molecule has 0 bridgehead atoms. The lowest BCUT2D eigenvalue weighted by Gasteiger charge is -2.29. The average molecular weight is 649 g/mol. The first kappa shape index (κ1) is 30.8. The molecule has 0 atom stereocenters. The van der Waals surface area contributed by atoms with Crippen molar-refractivity contribution < 1.29 is 9.47 Å². The molecule has 0 saturated heterocycles. The monoisotopic (exact) mass is 648 g/mol. The predicted molar refractivity (Wildman–Crippen MR) is 209 cm³/mol. The molecule has 0 unspecified atom stereocenters. The Hall–Kier alpha value is -6.52. The van der Waals surface area contributed by atoms with Gasteiger partial charge < -0.3 is 19.3 Å². The van der Waals surface area contributed by atoms with E-state index in [1.807, 2.05) is 24.3 Å². The van der Waals surface area contributed by atoms with Crippen molar-refractivity contribution in [1.29, 1.82) is 0 Å². The largest absolute Gasteiger partial charge is 0.497 e. The standard InChI is InChI=1S/C46H36N2O2/c1-49-37-21-13-19-35(31-37)47(33-15-5-3-6-16-33)45-29-27-41(39-23-9-11-25-43(39)45)42-28-30-46(44-26-12-10-24-40(42)44)48(34-17-7-4-8-18-34)36-20-14-22-38(32-36)50-2/h3-32H,1-2H3. The fraction of sp³-hybridized carbons (Fsp3) is 0.0435. The zero-order valence-electron chi connectivity index (χ0n) is 28.0. The van der Waals surface area contributed by atoms with Crippen LogP contribution in [0.3, 0.4) is 0 Å². The average Bonchev–Trinajstić information content (AvgIpc) is 3.19. The van der Waals surface area contributed by atoms with Crippen molar-refractivity contribution >= 4 is 55.7 Å². The van der Waals surface area contributed by atoms with Crippen molar-refractivity contribution in [3.63, 3.8) is 0 Å². The maximum Gasteiger partial charge on any atom is 0.120 e. The molecule has 4 heteroatoms. The van der Waals surface area contributed by atoms with E-state index in [0.29, 0.717) is 0 Å². The summed E-state index contributed by atoms with van der Waals surface area (Å²) in [6.07, 6.45) is 0. The fourth-order valence-electron chi connectivity index (χ4n) is 6.93. The van der Waals surface area contributed by atoms with Crippen LogP contribution in [0.25, 0.3) is 32.7 Å². The van der Waals surface area contributed by atoms with Gasteiger partial charge in [-0.15, -0.1) is 0 Å². The summed E-state index contributed by atoms with van der Waals surface area (Å²) in [6, 6.07) is 64.0. The number of nitrogens with zero attached hydrogens (tertiary/aromatic N) is 2. The highest BCUT2D eigenvalue weighted by atomic mass is 16.5. The summed E-state index contributed by atoms with van der Waals surface area (Å²) < 4.78 is 11.3. The number of ether oxygens (including phenoxy) is 2. The van der Waals surface area contributed by atoms with Crippen molar-refractivity contribution in [3.8, 4) is 22.6 Å². The molecule has 0 spiro atoms. The summed E-state index contributed by atoms with van der Waals surface area (Å²) in [5.74, 6) is 1.63. The number of hydrogen-bond donors (Lipinski definition) is 0. The number of hydrogen-bond acceptors (Lipinski definition) is 4. The third kappa shape index (κ3) is 5.67. The van der Waals surface area contributed by atoms with Gasteiger partial charge in [0.15, 0.2) is 0 Å². The van der Waals surface area contributed by atoms with Gasteiger partial charge in [-0.3, -0.25) is 0 Å². The SMILES string of the molecule is COc1cccc(N(c2ccccc2)c2ccc(-c3ccc(N(c4ccccc4)c4cccc(OC)c4)c4ccccc34)c3ccccc23)c1. The van der Waals surface area contributed by atoms with Crippen LogP contribution in [0.5, 0.6) is 11.5 Å². The smallest absolute Gasteiger partial charge is 0.120 e. The molecule has 0 fully saturated rings. The van der Waals surface area contributed by atoms with E-state index in [2.05, 4.69) is 168 Å². The Morgan fingerprint density at radius 2 is 0.680 bits per heavy atom. The third-order valence-electron chi connectivity index (χ3n) is 9.23. The van der Waals surface area contributed by atoms with Gasteiger partial charge in [-0.05, 0) is 82.6 Å². The molecule has 8 rings (SSSR count). The van der Waals surface area contributed by atoms with E-state index in [1.165, 1.54) is 21.9 Å². The molecule has 8 aromatic carbocycles. The Morgan fingerprint density at radius 1 is 0.320 bits per heavy atom. The third-order valence-corrected chi connectivity index (χ3v) is 9.23. The van der Waals surface area contributed by atoms with E-state index in [0.717, 1.165) is 56.4 Å². The molecule has 0 aromatic heterocycles. The van der Waals surface area contributed by atoms with E-state index in [-0.39, 0.29) is 0 Å². The van der Waals surface area contributed by atoms with Gasteiger partial charge >= 0.3 is 0 Å². The van der Waals surface area contributed by atoms with Crippen LogP contribution in [-0.2, 0) is 0 Å². The zero-order chi connectivity index (χ0) is 33.9. The Bertz CT molecular complexity index is 2250. The van der Waals surface area contributed by atoms with Crippen LogP contribution in [-0.4, -0.2) is 14.2 Å². The van der Waals surface area contributed by atoms with Gasteiger partial charge in [0, 0.05) is 45.7 Å². The van der Waals surface area contributed by atoms with Gasteiger partial charge in [0.25, 0.3) is 0 Å². The molecule has 0 amide bonds. The molecule has 0 aliphatic rings. The molecule has 4 nitrogen and oxygen atoms in total. The molecule has 0 saturated carbocycles. The number of rotatable bonds is 9. The first-order valence-corrected chi connectivity index (χ1v) is 16.8. The van der Waals surface area contributed by atoms with Gasteiger partial charge in [0.05, 0.1) is 25.6 Å². The van der Waals surface area contributed by atoms with E-state index in [9.17, 15) is 0 Å². The highest BCUT2D eigenvalue weighted by molar-refractivity contribution is 6.13. The summed E-state index contributed by atoms with van der Waals surface area (Å²) >= 11 is 0. The molecule has 0 heterocycles. The quantitative estimate of drug-likeness (QED) is 0.155. The summed E-state index contributed by atoms with van der Waals surface area (Å²) in [5, 5.41) is 4.68. The van der Waals surface area contributed by atoms with Crippen molar-refractivity contribution in [1.82, 2.24) is 0 Å². The molecule has 0 radical (unpaired) electrons. The van der Waals surface area contributed by atoms with Crippen LogP contribution in [0.15, 0.2) is 182 Å². The van der Waals surface area contributed by atoms with E-state index < -0.39 is 0 Å². The lowest BCUT2D eigenvalue weighted by molar-refractivity contribution is 0.415. The normalized spacial score (nSPS) is 11.0. The lowest BCUT2D eigenvalue weighted by atomic mass is 9.92. The second-order valence-electron chi connectivity index (χ2n) is 12.1. The van der Waals surface area contributed by atoms with Gasteiger partial charge in [0.2, 0.25) is 0 Å². The molecule has 0 N–H and O–H groups in total. The molecule has 50 heavy (non-hydrogen) atoms. The molecular formula is C46H36N2O2. The summed E-state index contributed by atoms with van der Waals surface area (Å²) in [6.45, 7) is 0. The Balaban J connectivity index is 1.33. The van der Waals surface area contributed by atoms with Gasteiger partial charge in [0.1, 0.15) is 11.5 Å². The topological polar surface area (TPSA) is 24.9 Å². The second kappa shape index (κ2) is 13.5. The van der Waals surface area contributed by atoms with Crippen molar-refractivity contribution in [2.45, 2.75) is 0 Å². The number of methoxy groups -OCH3 is 2. The Morgan fingerprint density at radius 3 is 1.08 bits per heavy atom. The number of anilines is 6. The number of fused-ring (bicyclic) bond motifs is 2. The first-order chi connectivity index (χ1) is 24.7. The molecular weight excluding hydrogens is 613 g/mol.